The Kier molecular flexibility index (Phi) is 3.89. The van der Waals surface area contributed by atoms with E-state index in [9.17, 15) is 4.79 Å². The molecule has 0 aliphatic carbocycles. The largest absolute Gasteiger partial charge is 0.468 e. The molecule has 0 N–H and O–H groups in total. The zero-order valence-corrected chi connectivity index (χ0v) is 8.21. The molecule has 0 fully saturated rings. The van der Waals surface area contributed by atoms with Crippen LogP contribution < -0.4 is 0 Å². The van der Waals surface area contributed by atoms with E-state index >= 15 is 0 Å². The number of esters is 1. The van der Waals surface area contributed by atoms with E-state index in [0.29, 0.717) is 5.56 Å². The molecule has 72 valence electrons. The number of hydrogen-bond acceptors (Lipinski definition) is 4. The van der Waals surface area contributed by atoms with Crippen molar-refractivity contribution in [1.82, 2.24) is 9.97 Å². The van der Waals surface area contributed by atoms with Crippen LogP contribution in [-0.4, -0.2) is 23.0 Å². The van der Waals surface area contributed by atoms with Gasteiger partial charge in [-0.3, -0.25) is 4.79 Å². The molecule has 1 aromatic rings. The standard InChI is InChI=1S/C9H7ClN2O2/c1-14-8(13)4-2-3-7-5-11-9(10)12-6-7/h5-6H,4H2,1H3. The molecule has 0 aromatic carbocycles. The molecule has 1 rings (SSSR count). The molecule has 0 saturated carbocycles. The van der Waals surface area contributed by atoms with E-state index in [-0.39, 0.29) is 17.7 Å². The van der Waals surface area contributed by atoms with Gasteiger partial charge in [0.15, 0.2) is 0 Å². The number of carbonyl (C=O) groups excluding carboxylic acids is 1. The summed E-state index contributed by atoms with van der Waals surface area (Å²) >= 11 is 5.47. The Morgan fingerprint density at radius 3 is 2.79 bits per heavy atom. The maximum atomic E-state index is 10.7. The Morgan fingerprint density at radius 1 is 1.57 bits per heavy atom. The molecule has 0 spiro atoms. The summed E-state index contributed by atoms with van der Waals surface area (Å²) in [5, 5.41) is 0.170. The zero-order chi connectivity index (χ0) is 10.4. The number of carbonyl (C=O) groups is 1. The summed E-state index contributed by atoms with van der Waals surface area (Å²) in [5.41, 5.74) is 0.610. The highest BCUT2D eigenvalue weighted by molar-refractivity contribution is 6.28. The first-order valence-corrected chi connectivity index (χ1v) is 4.13. The molecular formula is C9H7ClN2O2. The average molecular weight is 211 g/mol. The van der Waals surface area contributed by atoms with Gasteiger partial charge >= 0.3 is 5.97 Å². The number of aromatic nitrogens is 2. The van der Waals surface area contributed by atoms with Crippen molar-refractivity contribution < 1.29 is 9.53 Å². The lowest BCUT2D eigenvalue weighted by Crippen LogP contribution is -1.97. The Balaban J connectivity index is 2.59. The van der Waals surface area contributed by atoms with Gasteiger partial charge in [-0.1, -0.05) is 11.8 Å². The van der Waals surface area contributed by atoms with Crippen molar-refractivity contribution in [3.05, 3.63) is 23.2 Å². The minimum Gasteiger partial charge on any atom is -0.468 e. The van der Waals surface area contributed by atoms with Gasteiger partial charge in [-0.15, -0.1) is 0 Å². The quantitative estimate of drug-likeness (QED) is 0.395. The second-order valence-corrected chi connectivity index (χ2v) is 2.63. The minimum atomic E-state index is -0.368. The number of methoxy groups -OCH3 is 1. The van der Waals surface area contributed by atoms with Gasteiger partial charge in [0.25, 0.3) is 0 Å². The van der Waals surface area contributed by atoms with Gasteiger partial charge in [0, 0.05) is 12.4 Å². The third-order valence-electron chi connectivity index (χ3n) is 1.31. The van der Waals surface area contributed by atoms with Crippen molar-refractivity contribution in [3.8, 4) is 11.8 Å². The van der Waals surface area contributed by atoms with Crippen molar-refractivity contribution in [2.45, 2.75) is 6.42 Å². The predicted octanol–water partition coefficient (Wildman–Crippen LogP) is 1.04. The summed E-state index contributed by atoms with van der Waals surface area (Å²) in [4.78, 5) is 18.1. The smallest absolute Gasteiger partial charge is 0.317 e. The van der Waals surface area contributed by atoms with E-state index < -0.39 is 0 Å². The number of rotatable bonds is 1. The lowest BCUT2D eigenvalue weighted by molar-refractivity contribution is -0.139. The normalized spacial score (nSPS) is 8.71. The van der Waals surface area contributed by atoms with Gasteiger partial charge in [0.1, 0.15) is 6.42 Å². The highest BCUT2D eigenvalue weighted by Gasteiger charge is 1.94. The lowest BCUT2D eigenvalue weighted by atomic mass is 10.3. The third-order valence-corrected chi connectivity index (χ3v) is 1.51. The van der Waals surface area contributed by atoms with Crippen LogP contribution in [0.3, 0.4) is 0 Å². The molecule has 0 aliphatic heterocycles. The number of hydrogen-bond donors (Lipinski definition) is 0. The third kappa shape index (κ3) is 3.42. The number of nitrogens with zero attached hydrogens (tertiary/aromatic N) is 2. The maximum Gasteiger partial charge on any atom is 0.317 e. The molecule has 0 atom stereocenters. The number of halogens is 1. The Labute approximate surface area is 86.3 Å². The van der Waals surface area contributed by atoms with Gasteiger partial charge in [0.2, 0.25) is 5.28 Å². The second-order valence-electron chi connectivity index (χ2n) is 2.30. The van der Waals surface area contributed by atoms with E-state index in [2.05, 4.69) is 26.5 Å². The monoisotopic (exact) mass is 210 g/mol. The highest BCUT2D eigenvalue weighted by Crippen LogP contribution is 1.98. The molecule has 1 heterocycles. The summed E-state index contributed by atoms with van der Waals surface area (Å²) in [6.07, 6.45) is 3.03. The van der Waals surface area contributed by atoms with E-state index in [0.717, 1.165) is 0 Å². The molecule has 1 aromatic heterocycles. The molecule has 0 amide bonds. The summed E-state index contributed by atoms with van der Waals surface area (Å²) in [5.74, 6) is 4.96. The second kappa shape index (κ2) is 5.20. The van der Waals surface area contributed by atoms with Crippen LogP contribution in [0, 0.1) is 11.8 Å². The van der Waals surface area contributed by atoms with Crippen LogP contribution in [0.1, 0.15) is 12.0 Å². The molecule has 0 unspecified atom stereocenters. The van der Waals surface area contributed by atoms with Crippen molar-refractivity contribution in [1.29, 1.82) is 0 Å². The lowest BCUT2D eigenvalue weighted by Gasteiger charge is -1.90. The van der Waals surface area contributed by atoms with Crippen LogP contribution >= 0.6 is 11.6 Å². The first-order valence-electron chi connectivity index (χ1n) is 3.75. The van der Waals surface area contributed by atoms with E-state index in [1.807, 2.05) is 0 Å². The summed E-state index contributed by atoms with van der Waals surface area (Å²) in [6, 6.07) is 0. The van der Waals surface area contributed by atoms with Crippen LogP contribution in [0.15, 0.2) is 12.4 Å². The molecular weight excluding hydrogens is 204 g/mol. The van der Waals surface area contributed by atoms with Crippen LogP contribution in [-0.2, 0) is 9.53 Å². The average Bonchev–Trinajstić information content (AvgIpc) is 2.21. The van der Waals surface area contributed by atoms with Crippen LogP contribution in [0.5, 0.6) is 0 Å². The predicted molar refractivity (Wildman–Crippen MR) is 50.6 cm³/mol. The Hall–Kier alpha value is -1.60. The summed E-state index contributed by atoms with van der Waals surface area (Å²) < 4.78 is 4.41. The van der Waals surface area contributed by atoms with E-state index in [1.54, 1.807) is 0 Å². The van der Waals surface area contributed by atoms with Crippen molar-refractivity contribution in [2.75, 3.05) is 7.11 Å². The van der Waals surface area contributed by atoms with Crippen LogP contribution in [0.25, 0.3) is 0 Å². The Bertz CT molecular complexity index is 378. The molecule has 0 radical (unpaired) electrons. The minimum absolute atomic E-state index is 0.0547. The van der Waals surface area contributed by atoms with Crippen LogP contribution in [0.2, 0.25) is 5.28 Å². The van der Waals surface area contributed by atoms with Crippen molar-refractivity contribution in [2.24, 2.45) is 0 Å². The first kappa shape index (κ1) is 10.5. The fourth-order valence-corrected chi connectivity index (χ4v) is 0.765. The molecule has 0 saturated heterocycles. The van der Waals surface area contributed by atoms with Gasteiger partial charge in [-0.2, -0.15) is 0 Å². The summed E-state index contributed by atoms with van der Waals surface area (Å²) in [7, 11) is 1.31. The SMILES string of the molecule is COC(=O)CC#Cc1cnc(Cl)nc1. The van der Waals surface area contributed by atoms with Gasteiger partial charge in [-0.05, 0) is 11.6 Å². The number of ether oxygens (including phenoxy) is 1. The fraction of sp³-hybridized carbons (Fsp3) is 0.222. The van der Waals surface area contributed by atoms with Crippen molar-refractivity contribution in [3.63, 3.8) is 0 Å². The van der Waals surface area contributed by atoms with E-state index in [4.69, 9.17) is 11.6 Å². The molecule has 4 nitrogen and oxygen atoms in total. The maximum absolute atomic E-state index is 10.7. The van der Waals surface area contributed by atoms with E-state index in [1.165, 1.54) is 19.5 Å². The molecule has 0 bridgehead atoms. The van der Waals surface area contributed by atoms with Crippen molar-refractivity contribution >= 4 is 17.6 Å². The summed E-state index contributed by atoms with van der Waals surface area (Å²) in [6.45, 7) is 0. The van der Waals surface area contributed by atoms with Gasteiger partial charge in [-0.25, -0.2) is 9.97 Å². The Morgan fingerprint density at radius 2 is 2.21 bits per heavy atom. The first-order chi connectivity index (χ1) is 6.72. The zero-order valence-electron chi connectivity index (χ0n) is 7.45. The fourth-order valence-electron chi connectivity index (χ4n) is 0.667. The highest BCUT2D eigenvalue weighted by atomic mass is 35.5. The molecule has 0 aliphatic rings. The topological polar surface area (TPSA) is 52.1 Å². The molecule has 5 heteroatoms. The van der Waals surface area contributed by atoms with Gasteiger partial charge < -0.3 is 4.74 Å². The van der Waals surface area contributed by atoms with Gasteiger partial charge in [0.05, 0.1) is 12.7 Å². The van der Waals surface area contributed by atoms with Crippen LogP contribution in [0.4, 0.5) is 0 Å². The molecule has 14 heavy (non-hydrogen) atoms.